The Kier molecular flexibility index (Phi) is 3.23. The molecule has 0 spiro atoms. The first-order chi connectivity index (χ1) is 7.84. The number of hydrogen-bond acceptors (Lipinski definition) is 2. The molecule has 0 fully saturated rings. The molecule has 1 aromatic carbocycles. The van der Waals surface area contributed by atoms with E-state index in [0.717, 1.165) is 0 Å². The second-order valence-corrected chi connectivity index (χ2v) is 3.17. The van der Waals surface area contributed by atoms with E-state index < -0.39 is 6.09 Å². The van der Waals surface area contributed by atoms with Gasteiger partial charge in [0.15, 0.2) is 12.7 Å². The summed E-state index contributed by atoms with van der Waals surface area (Å²) in [5.74, 6) is 0.493. The monoisotopic (exact) mass is 215 g/mol. The molecular weight excluding hydrogens is 204 g/mol. The van der Waals surface area contributed by atoms with Gasteiger partial charge in [0.1, 0.15) is 5.75 Å². The highest BCUT2D eigenvalue weighted by Crippen LogP contribution is 2.09. The zero-order chi connectivity index (χ0) is 11.2. The fourth-order valence-electron chi connectivity index (χ4n) is 1.25. The summed E-state index contributed by atoms with van der Waals surface area (Å²) in [5.41, 5.74) is 0. The summed E-state index contributed by atoms with van der Waals surface area (Å²) in [6.45, 7) is 0.584. The molecule has 0 N–H and O–H groups in total. The zero-order valence-electron chi connectivity index (χ0n) is 8.61. The van der Waals surface area contributed by atoms with Crippen LogP contribution in [0.25, 0.3) is 0 Å². The Morgan fingerprint density at radius 3 is 2.75 bits per heavy atom. The van der Waals surface area contributed by atoms with Crippen LogP contribution in [0.3, 0.4) is 0 Å². The third-order valence-corrected chi connectivity index (χ3v) is 1.96. The van der Waals surface area contributed by atoms with Gasteiger partial charge in [-0.1, -0.05) is 29.0 Å². The molecule has 0 atom stereocenters. The first-order valence-electron chi connectivity index (χ1n) is 4.93. The van der Waals surface area contributed by atoms with E-state index in [1.54, 1.807) is 30.5 Å². The lowest BCUT2D eigenvalue weighted by Gasteiger charge is -1.98. The third-order valence-electron chi connectivity index (χ3n) is 1.96. The molecule has 0 aromatic heterocycles. The van der Waals surface area contributed by atoms with E-state index in [1.165, 1.54) is 4.70 Å². The Hall–Kier alpha value is -2.23. The number of amides is 1. The molecule has 4 heteroatoms. The van der Waals surface area contributed by atoms with Crippen molar-refractivity contribution < 1.29 is 14.2 Å². The molecular formula is C12H11N2O2+. The molecule has 1 aromatic rings. The first-order valence-corrected chi connectivity index (χ1v) is 4.93. The van der Waals surface area contributed by atoms with Crippen molar-refractivity contribution in [3.05, 3.63) is 54.8 Å². The van der Waals surface area contributed by atoms with Crippen LogP contribution >= 0.6 is 0 Å². The minimum atomic E-state index is -0.619. The maximum Gasteiger partial charge on any atom is 0.495 e. The predicted molar refractivity (Wildman–Crippen MR) is 58.3 cm³/mol. The maximum absolute atomic E-state index is 11.4. The molecule has 1 heterocycles. The number of ether oxygens (including phenoxy) is 1. The van der Waals surface area contributed by atoms with Crippen molar-refractivity contribution in [2.45, 2.75) is 0 Å². The van der Waals surface area contributed by atoms with E-state index >= 15 is 0 Å². The van der Waals surface area contributed by atoms with Crippen LogP contribution in [-0.2, 0) is 0 Å². The second-order valence-electron chi connectivity index (χ2n) is 3.17. The summed E-state index contributed by atoms with van der Waals surface area (Å²) in [6, 6.07) is 8.86. The SMILES string of the molecule is O=C(N=[N+]1C=CC=CC1)Oc1ccccc1. The van der Waals surface area contributed by atoms with Gasteiger partial charge >= 0.3 is 6.09 Å². The van der Waals surface area contributed by atoms with E-state index in [0.29, 0.717) is 12.3 Å². The van der Waals surface area contributed by atoms with Gasteiger partial charge < -0.3 is 4.74 Å². The highest BCUT2D eigenvalue weighted by atomic mass is 16.6. The Labute approximate surface area is 93.2 Å². The summed E-state index contributed by atoms with van der Waals surface area (Å²) >= 11 is 0. The van der Waals surface area contributed by atoms with Crippen LogP contribution in [0.1, 0.15) is 0 Å². The lowest BCUT2D eigenvalue weighted by Crippen LogP contribution is -2.10. The maximum atomic E-state index is 11.4. The minimum absolute atomic E-state index is 0.493. The predicted octanol–water partition coefficient (Wildman–Crippen LogP) is 2.73. The number of carbonyl (C=O) groups is 1. The molecule has 16 heavy (non-hydrogen) atoms. The quantitative estimate of drug-likeness (QED) is 0.676. The molecule has 2 rings (SSSR count). The molecule has 80 valence electrons. The van der Waals surface area contributed by atoms with E-state index in [4.69, 9.17) is 4.74 Å². The van der Waals surface area contributed by atoms with Crippen LogP contribution < -0.4 is 4.74 Å². The molecule has 4 nitrogen and oxygen atoms in total. The molecule has 0 radical (unpaired) electrons. The normalized spacial score (nSPS) is 16.4. The molecule has 0 bridgehead atoms. The van der Waals surface area contributed by atoms with Crippen molar-refractivity contribution in [1.82, 2.24) is 0 Å². The fraction of sp³-hybridized carbons (Fsp3) is 0.0833. The van der Waals surface area contributed by atoms with Crippen LogP contribution in [0.2, 0.25) is 0 Å². The molecule has 0 unspecified atom stereocenters. The second kappa shape index (κ2) is 5.02. The fourth-order valence-corrected chi connectivity index (χ4v) is 1.25. The Balaban J connectivity index is 1.99. The topological polar surface area (TPSA) is 41.7 Å². The molecule has 0 saturated carbocycles. The lowest BCUT2D eigenvalue weighted by atomic mass is 10.3. The molecule has 1 aliphatic heterocycles. The van der Waals surface area contributed by atoms with Crippen molar-refractivity contribution in [3.8, 4) is 5.75 Å². The summed E-state index contributed by atoms with van der Waals surface area (Å²) in [5, 5.41) is 3.77. The van der Waals surface area contributed by atoms with Crippen LogP contribution in [0.5, 0.6) is 5.75 Å². The van der Waals surface area contributed by atoms with Crippen molar-refractivity contribution in [1.29, 1.82) is 0 Å². The number of para-hydroxylation sites is 1. The van der Waals surface area contributed by atoms with Crippen LogP contribution in [-0.4, -0.2) is 17.3 Å². The van der Waals surface area contributed by atoms with E-state index in [1.807, 2.05) is 24.3 Å². The van der Waals surface area contributed by atoms with Gasteiger partial charge in [-0.05, 0) is 18.2 Å². The highest BCUT2D eigenvalue weighted by molar-refractivity contribution is 5.69. The van der Waals surface area contributed by atoms with E-state index in [-0.39, 0.29) is 0 Å². The molecule has 1 aliphatic rings. The Bertz CT molecular complexity index is 461. The van der Waals surface area contributed by atoms with Crippen LogP contribution in [0, 0.1) is 0 Å². The molecule has 0 aliphatic carbocycles. The zero-order valence-corrected chi connectivity index (χ0v) is 8.61. The minimum Gasteiger partial charge on any atom is -0.405 e. The van der Waals surface area contributed by atoms with Gasteiger partial charge in [0.05, 0.1) is 5.11 Å². The molecule has 0 saturated heterocycles. The largest absolute Gasteiger partial charge is 0.495 e. The molecule has 1 amide bonds. The summed E-state index contributed by atoms with van der Waals surface area (Å²) in [7, 11) is 0. The third kappa shape index (κ3) is 2.88. The Morgan fingerprint density at radius 2 is 2.06 bits per heavy atom. The number of hydrogen-bond donors (Lipinski definition) is 0. The standard InChI is InChI=1S/C12H11N2O2/c15-12(13-14-9-5-2-6-10-14)16-11-7-3-1-4-8-11/h1-9H,10H2/q+1. The Morgan fingerprint density at radius 1 is 1.25 bits per heavy atom. The number of allylic oxidation sites excluding steroid dienone is 2. The average Bonchev–Trinajstić information content (AvgIpc) is 2.31. The number of benzene rings is 1. The number of azo groups is 2. The number of nitrogens with zero attached hydrogens (tertiary/aromatic N) is 2. The van der Waals surface area contributed by atoms with Gasteiger partial charge in [-0.2, -0.15) is 0 Å². The van der Waals surface area contributed by atoms with Crippen LogP contribution in [0.4, 0.5) is 4.79 Å². The van der Waals surface area contributed by atoms with Crippen molar-refractivity contribution >= 4 is 6.09 Å². The van der Waals surface area contributed by atoms with Gasteiger partial charge in [0.2, 0.25) is 0 Å². The highest BCUT2D eigenvalue weighted by Gasteiger charge is 2.10. The smallest absolute Gasteiger partial charge is 0.405 e. The van der Waals surface area contributed by atoms with Gasteiger partial charge in [0, 0.05) is 6.08 Å². The van der Waals surface area contributed by atoms with Gasteiger partial charge in [-0.15, -0.1) is 0 Å². The lowest BCUT2D eigenvalue weighted by molar-refractivity contribution is -0.514. The van der Waals surface area contributed by atoms with Gasteiger partial charge in [0.25, 0.3) is 0 Å². The summed E-state index contributed by atoms with van der Waals surface area (Å²) in [6.07, 6.45) is 6.70. The van der Waals surface area contributed by atoms with Gasteiger partial charge in [-0.3, -0.25) is 0 Å². The first kappa shape index (κ1) is 10.3. The van der Waals surface area contributed by atoms with Gasteiger partial charge in [-0.25, -0.2) is 4.79 Å². The van der Waals surface area contributed by atoms with Crippen molar-refractivity contribution in [2.24, 2.45) is 5.11 Å². The van der Waals surface area contributed by atoms with E-state index in [9.17, 15) is 4.79 Å². The van der Waals surface area contributed by atoms with Crippen LogP contribution in [0.15, 0.2) is 59.9 Å². The number of carbonyl (C=O) groups excluding carboxylic acids is 1. The summed E-state index contributed by atoms with van der Waals surface area (Å²) in [4.78, 5) is 11.4. The summed E-state index contributed by atoms with van der Waals surface area (Å²) < 4.78 is 6.53. The van der Waals surface area contributed by atoms with E-state index in [2.05, 4.69) is 5.11 Å². The van der Waals surface area contributed by atoms with Crippen molar-refractivity contribution in [2.75, 3.05) is 6.54 Å². The number of rotatable bonds is 1. The average molecular weight is 215 g/mol. The van der Waals surface area contributed by atoms with Crippen molar-refractivity contribution in [3.63, 3.8) is 0 Å².